The highest BCUT2D eigenvalue weighted by molar-refractivity contribution is 8.00. The molecule has 8 nitrogen and oxygen atoms in total. The maximum Gasteiger partial charge on any atom is 0.359 e. The van der Waals surface area contributed by atoms with Crippen LogP contribution in [-0.4, -0.2) is 45.0 Å². The number of rotatable bonds is 11. The monoisotopic (exact) mass is 682 g/mol. The maximum absolute atomic E-state index is 14.1. The molecule has 0 bridgehead atoms. The molecule has 2 aliphatic rings. The summed E-state index contributed by atoms with van der Waals surface area (Å²) in [4.78, 5) is 42.9. The Bertz CT molecular complexity index is 1900. The number of nitrogens with zero attached hydrogens (tertiary/aromatic N) is 1. The van der Waals surface area contributed by atoms with E-state index < -0.39 is 47.5 Å². The lowest BCUT2D eigenvalue weighted by Crippen LogP contribution is -2.71. The number of ether oxygens (including phenoxy) is 2. The molecular formula is C41H34N2O6S. The van der Waals surface area contributed by atoms with Gasteiger partial charge in [-0.2, -0.15) is 0 Å². The highest BCUT2D eigenvalue weighted by Gasteiger charge is 2.55. The van der Waals surface area contributed by atoms with Crippen LogP contribution in [0.3, 0.4) is 0 Å². The van der Waals surface area contributed by atoms with E-state index in [4.69, 9.17) is 9.47 Å². The first-order chi connectivity index (χ1) is 24.5. The summed E-state index contributed by atoms with van der Waals surface area (Å²) < 4.78 is 12.7. The molecule has 5 aromatic carbocycles. The molecule has 7 rings (SSSR count). The number of fused-ring (bicyclic) bond motifs is 1. The van der Waals surface area contributed by atoms with Gasteiger partial charge in [-0.15, -0.1) is 11.8 Å². The normalized spacial score (nSPS) is 17.6. The summed E-state index contributed by atoms with van der Waals surface area (Å²) in [6.45, 7) is 0. The van der Waals surface area contributed by atoms with E-state index in [1.54, 1.807) is 0 Å². The second-order valence-corrected chi connectivity index (χ2v) is 13.0. The molecule has 1 fully saturated rings. The van der Waals surface area contributed by atoms with Gasteiger partial charge in [0.25, 0.3) is 11.8 Å². The molecule has 2 unspecified atom stereocenters. The number of esters is 1. The molecule has 0 radical (unpaired) electrons. The first kappa shape index (κ1) is 32.9. The second kappa shape index (κ2) is 14.9. The van der Waals surface area contributed by atoms with Crippen LogP contribution in [0.4, 0.5) is 0 Å². The molecule has 0 aliphatic carbocycles. The molecule has 5 aromatic rings. The molecule has 50 heavy (non-hydrogen) atoms. The van der Waals surface area contributed by atoms with E-state index in [0.717, 1.165) is 22.3 Å². The Labute approximate surface area is 294 Å². The van der Waals surface area contributed by atoms with Crippen LogP contribution in [-0.2, 0) is 23.9 Å². The van der Waals surface area contributed by atoms with Gasteiger partial charge in [0.05, 0.1) is 5.75 Å². The van der Waals surface area contributed by atoms with E-state index in [1.165, 1.54) is 16.7 Å². The van der Waals surface area contributed by atoms with E-state index in [2.05, 4.69) is 5.32 Å². The van der Waals surface area contributed by atoms with Crippen molar-refractivity contribution < 1.29 is 29.0 Å². The lowest BCUT2D eigenvalue weighted by Gasteiger charge is -2.49. The third-order valence-electron chi connectivity index (χ3n) is 8.69. The minimum atomic E-state index is -1.07. The fourth-order valence-electron chi connectivity index (χ4n) is 6.23. The fourth-order valence-corrected chi connectivity index (χ4v) is 7.43. The third kappa shape index (κ3) is 6.78. The molecule has 2 aliphatic heterocycles. The summed E-state index contributed by atoms with van der Waals surface area (Å²) in [5.74, 6) is -2.05. The second-order valence-electron chi connectivity index (χ2n) is 11.9. The lowest BCUT2D eigenvalue weighted by atomic mass is 9.99. The summed E-state index contributed by atoms with van der Waals surface area (Å²) in [5.41, 5.74) is 3.63. The zero-order valence-corrected chi connectivity index (χ0v) is 27.7. The summed E-state index contributed by atoms with van der Waals surface area (Å²) in [6.07, 6.45) is -2.41. The summed E-state index contributed by atoms with van der Waals surface area (Å²) >= 11 is 1.26. The van der Waals surface area contributed by atoms with Crippen molar-refractivity contribution in [3.63, 3.8) is 0 Å². The number of carbonyl (C=O) groups excluding carboxylic acids is 3. The molecule has 2 heterocycles. The average Bonchev–Trinajstić information content (AvgIpc) is 3.18. The number of thioether (sulfide) groups is 1. The molecule has 9 heteroatoms. The van der Waals surface area contributed by atoms with Crippen molar-refractivity contribution in [1.82, 2.24) is 10.2 Å². The molecule has 0 saturated carbocycles. The zero-order valence-electron chi connectivity index (χ0n) is 26.9. The molecule has 1 saturated heterocycles. The van der Waals surface area contributed by atoms with Crippen molar-refractivity contribution in [3.05, 3.63) is 191 Å². The molecule has 2 amide bonds. The first-order valence-corrected chi connectivity index (χ1v) is 17.3. The predicted molar refractivity (Wildman–Crippen MR) is 190 cm³/mol. The van der Waals surface area contributed by atoms with Crippen LogP contribution in [0.5, 0.6) is 0 Å². The van der Waals surface area contributed by atoms with Crippen LogP contribution < -0.4 is 5.32 Å². The number of hydrogen-bond acceptors (Lipinski definition) is 7. The van der Waals surface area contributed by atoms with Gasteiger partial charge in [0, 0.05) is 0 Å². The van der Waals surface area contributed by atoms with Gasteiger partial charge in [-0.3, -0.25) is 14.5 Å². The number of carbonyl (C=O) groups is 3. The van der Waals surface area contributed by atoms with E-state index >= 15 is 0 Å². The Morgan fingerprint density at radius 2 is 1.08 bits per heavy atom. The molecular weight excluding hydrogens is 649 g/mol. The largest absolute Gasteiger partial charge is 0.509 e. The third-order valence-corrected chi connectivity index (χ3v) is 9.95. The summed E-state index contributed by atoms with van der Waals surface area (Å²) in [5, 5.41) is 13.2. The smallest absolute Gasteiger partial charge is 0.359 e. The standard InChI is InChI=1S/C41H34N2O6S/c44-32-26-50-40-33(39(46)43(40)34(32)41(47)49-36(29-20-10-3-11-21-29)30-22-12-4-13-23-30)42-38(45)37(31-24-14-5-15-25-31)48-35(27-16-6-1-7-17-27)28-18-8-2-9-19-28/h1-25,33,35-37,40,44H,26H2,(H,42,45)/t33?,37?,40-/m1/s1. The van der Waals surface area contributed by atoms with E-state index in [1.807, 2.05) is 152 Å². The first-order valence-electron chi connectivity index (χ1n) is 16.3. The van der Waals surface area contributed by atoms with Gasteiger partial charge >= 0.3 is 5.97 Å². The Kier molecular flexibility index (Phi) is 9.77. The van der Waals surface area contributed by atoms with E-state index in [9.17, 15) is 19.5 Å². The molecule has 250 valence electrons. The van der Waals surface area contributed by atoms with E-state index in [0.29, 0.717) is 5.56 Å². The molecule has 2 N–H and O–H groups in total. The van der Waals surface area contributed by atoms with Gasteiger partial charge in [0.1, 0.15) is 23.3 Å². The number of aliphatic hydroxyl groups is 1. The van der Waals surface area contributed by atoms with E-state index in [-0.39, 0.29) is 17.2 Å². The molecule has 0 spiro atoms. The predicted octanol–water partition coefficient (Wildman–Crippen LogP) is 7.04. The minimum Gasteiger partial charge on any atom is -0.509 e. The Morgan fingerprint density at radius 3 is 1.54 bits per heavy atom. The van der Waals surface area contributed by atoms with Crippen molar-refractivity contribution in [3.8, 4) is 0 Å². The highest BCUT2D eigenvalue weighted by atomic mass is 32.2. The molecule has 3 atom stereocenters. The molecule has 0 aromatic heterocycles. The van der Waals surface area contributed by atoms with Crippen LogP contribution in [0.25, 0.3) is 0 Å². The number of hydrogen-bond donors (Lipinski definition) is 2. The number of β-lactam (4-membered cyclic amide) rings is 1. The van der Waals surface area contributed by atoms with Crippen molar-refractivity contribution in [2.45, 2.75) is 29.7 Å². The van der Waals surface area contributed by atoms with Crippen molar-refractivity contribution >= 4 is 29.5 Å². The Morgan fingerprint density at radius 1 is 0.660 bits per heavy atom. The van der Waals surface area contributed by atoms with Crippen LogP contribution in [0, 0.1) is 0 Å². The van der Waals surface area contributed by atoms with Gasteiger partial charge in [-0.05, 0) is 27.8 Å². The van der Waals surface area contributed by atoms with Crippen molar-refractivity contribution in [2.75, 3.05) is 5.75 Å². The van der Waals surface area contributed by atoms with Crippen LogP contribution in [0.1, 0.15) is 46.1 Å². The highest BCUT2D eigenvalue weighted by Crippen LogP contribution is 2.41. The van der Waals surface area contributed by atoms with Gasteiger partial charge in [-0.1, -0.05) is 152 Å². The number of benzene rings is 5. The van der Waals surface area contributed by atoms with Gasteiger partial charge < -0.3 is 19.9 Å². The van der Waals surface area contributed by atoms with Gasteiger partial charge in [-0.25, -0.2) is 4.79 Å². The van der Waals surface area contributed by atoms with Crippen LogP contribution in [0.2, 0.25) is 0 Å². The number of amides is 2. The van der Waals surface area contributed by atoms with Crippen molar-refractivity contribution in [1.29, 1.82) is 0 Å². The summed E-state index contributed by atoms with van der Waals surface area (Å²) in [6, 6.07) is 46.0. The fraction of sp³-hybridized carbons (Fsp3) is 0.146. The van der Waals surface area contributed by atoms with Crippen LogP contribution in [0.15, 0.2) is 163 Å². The Hall–Kier alpha value is -5.64. The average molecular weight is 683 g/mol. The Balaban J connectivity index is 1.12. The maximum atomic E-state index is 14.1. The van der Waals surface area contributed by atoms with Crippen LogP contribution >= 0.6 is 11.8 Å². The number of nitrogens with one attached hydrogen (secondary N) is 1. The topological polar surface area (TPSA) is 105 Å². The van der Waals surface area contributed by atoms with Gasteiger partial charge in [0.15, 0.2) is 17.9 Å². The lowest BCUT2D eigenvalue weighted by molar-refractivity contribution is -0.156. The zero-order chi connectivity index (χ0) is 34.5. The summed E-state index contributed by atoms with van der Waals surface area (Å²) in [7, 11) is 0. The number of aliphatic hydroxyl groups excluding tert-OH is 1. The minimum absolute atomic E-state index is 0.0648. The van der Waals surface area contributed by atoms with Crippen molar-refractivity contribution in [2.24, 2.45) is 0 Å². The SMILES string of the molecule is O=C(OC(c1ccccc1)c1ccccc1)C1=C(O)CS[C@@H]2C(NC(=O)C(OC(c3ccccc3)c3ccccc3)c3ccccc3)C(=O)N12. The van der Waals surface area contributed by atoms with Gasteiger partial charge in [0.2, 0.25) is 0 Å². The quantitative estimate of drug-likeness (QED) is 0.114.